The maximum Gasteiger partial charge on any atom is 0.310 e. The minimum Gasteiger partial charge on any atom is -0.479 e. The molecule has 0 saturated carbocycles. The summed E-state index contributed by atoms with van der Waals surface area (Å²) in [6, 6.07) is 11.1. The molecule has 1 fully saturated rings. The molecule has 3 aromatic rings. The van der Waals surface area contributed by atoms with Gasteiger partial charge in [-0.15, -0.1) is 0 Å². The number of aryl methyl sites for hydroxylation is 1. The van der Waals surface area contributed by atoms with Crippen LogP contribution in [0.15, 0.2) is 47.4 Å². The van der Waals surface area contributed by atoms with E-state index in [0.29, 0.717) is 44.2 Å². The van der Waals surface area contributed by atoms with Crippen LogP contribution in [0.4, 0.5) is 5.69 Å². The molecule has 11 heteroatoms. The predicted octanol–water partition coefficient (Wildman–Crippen LogP) is 2.95. The van der Waals surface area contributed by atoms with Gasteiger partial charge in [0.25, 0.3) is 0 Å². The molecule has 2 heterocycles. The number of para-hydroxylation sites is 2. The Labute approximate surface area is 185 Å². The average molecular weight is 461 g/mol. The normalized spacial score (nSPS) is 15.2. The highest BCUT2D eigenvalue weighted by molar-refractivity contribution is 7.89. The van der Waals surface area contributed by atoms with Gasteiger partial charge in [0.2, 0.25) is 10.0 Å². The van der Waals surface area contributed by atoms with E-state index in [1.807, 2.05) is 11.5 Å². The van der Waals surface area contributed by atoms with Gasteiger partial charge in [0, 0.05) is 25.7 Å². The number of nitrogens with zero attached hydrogens (tertiary/aromatic N) is 4. The molecule has 1 saturated heterocycles. The Morgan fingerprint density at radius 3 is 2.66 bits per heavy atom. The first-order chi connectivity index (χ1) is 15.4. The third kappa shape index (κ3) is 4.31. The summed E-state index contributed by atoms with van der Waals surface area (Å²) in [5, 5.41) is 11.2. The topological polar surface area (TPSA) is 117 Å². The van der Waals surface area contributed by atoms with Crippen LogP contribution in [0.2, 0.25) is 0 Å². The molecule has 0 spiro atoms. The molecule has 1 aromatic heterocycles. The lowest BCUT2D eigenvalue weighted by molar-refractivity contribution is -0.386. The van der Waals surface area contributed by atoms with E-state index in [2.05, 4.69) is 4.98 Å². The summed E-state index contributed by atoms with van der Waals surface area (Å²) in [6.45, 7) is 4.08. The number of aromatic nitrogens is 2. The molecular formula is C21H24N4O6S. The number of fused-ring (bicyclic) bond motifs is 1. The van der Waals surface area contributed by atoms with Gasteiger partial charge >= 0.3 is 5.69 Å². The lowest BCUT2D eigenvalue weighted by Crippen LogP contribution is -2.40. The first-order valence-corrected chi connectivity index (χ1v) is 11.8. The molecule has 0 bridgehead atoms. The highest BCUT2D eigenvalue weighted by atomic mass is 32.2. The molecule has 32 heavy (non-hydrogen) atoms. The summed E-state index contributed by atoms with van der Waals surface area (Å²) in [5.41, 5.74) is 1.20. The number of nitro groups is 1. The Kier molecular flexibility index (Phi) is 6.40. The highest BCUT2D eigenvalue weighted by Gasteiger charge is 2.27. The van der Waals surface area contributed by atoms with Crippen molar-refractivity contribution in [2.45, 2.75) is 31.4 Å². The van der Waals surface area contributed by atoms with Crippen molar-refractivity contribution in [3.8, 4) is 5.75 Å². The molecule has 0 N–H and O–H groups in total. The van der Waals surface area contributed by atoms with Crippen LogP contribution in [0.25, 0.3) is 11.0 Å². The van der Waals surface area contributed by atoms with E-state index >= 15 is 0 Å². The van der Waals surface area contributed by atoms with Crippen LogP contribution in [0.1, 0.15) is 19.2 Å². The summed E-state index contributed by atoms with van der Waals surface area (Å²) < 4.78 is 40.4. The summed E-state index contributed by atoms with van der Waals surface area (Å²) in [6.07, 6.45) is 0.831. The van der Waals surface area contributed by atoms with Crippen molar-refractivity contribution in [2.75, 3.05) is 26.3 Å². The van der Waals surface area contributed by atoms with Crippen molar-refractivity contribution in [3.63, 3.8) is 0 Å². The van der Waals surface area contributed by atoms with Crippen molar-refractivity contribution in [1.29, 1.82) is 0 Å². The van der Waals surface area contributed by atoms with Gasteiger partial charge < -0.3 is 14.0 Å². The van der Waals surface area contributed by atoms with Crippen molar-refractivity contribution in [1.82, 2.24) is 13.9 Å². The second-order valence-electron chi connectivity index (χ2n) is 7.36. The van der Waals surface area contributed by atoms with E-state index in [1.165, 1.54) is 16.4 Å². The van der Waals surface area contributed by atoms with Gasteiger partial charge in [-0.05, 0) is 30.7 Å². The van der Waals surface area contributed by atoms with Crippen LogP contribution in [0, 0.1) is 10.1 Å². The average Bonchev–Trinajstić information content (AvgIpc) is 3.15. The van der Waals surface area contributed by atoms with Gasteiger partial charge in [0.05, 0.1) is 34.1 Å². The van der Waals surface area contributed by atoms with Gasteiger partial charge in [0.1, 0.15) is 12.4 Å². The number of ether oxygens (including phenoxy) is 2. The second kappa shape index (κ2) is 9.23. The quantitative estimate of drug-likeness (QED) is 0.375. The van der Waals surface area contributed by atoms with E-state index in [9.17, 15) is 18.5 Å². The van der Waals surface area contributed by atoms with E-state index in [1.54, 1.807) is 30.3 Å². The Hall–Kier alpha value is -3.02. The van der Waals surface area contributed by atoms with E-state index in [0.717, 1.165) is 11.9 Å². The SMILES string of the molecule is CCCn1c(COc2ccccc2[N+](=O)[O-])nc2cc(S(=O)(=O)N3CCOCC3)ccc21. The van der Waals surface area contributed by atoms with Gasteiger partial charge in [-0.1, -0.05) is 19.1 Å². The summed E-state index contributed by atoms with van der Waals surface area (Å²) >= 11 is 0. The van der Waals surface area contributed by atoms with Gasteiger partial charge in [-0.3, -0.25) is 10.1 Å². The maximum atomic E-state index is 13.0. The summed E-state index contributed by atoms with van der Waals surface area (Å²) in [4.78, 5) is 15.5. The Morgan fingerprint density at radius 2 is 1.94 bits per heavy atom. The number of hydrogen-bond acceptors (Lipinski definition) is 7. The van der Waals surface area contributed by atoms with Crippen molar-refractivity contribution >= 4 is 26.7 Å². The Balaban J connectivity index is 1.66. The maximum absolute atomic E-state index is 13.0. The lowest BCUT2D eigenvalue weighted by Gasteiger charge is -2.26. The fourth-order valence-corrected chi connectivity index (χ4v) is 5.14. The van der Waals surface area contributed by atoms with Crippen LogP contribution in [0.3, 0.4) is 0 Å². The first-order valence-electron chi connectivity index (χ1n) is 10.3. The van der Waals surface area contributed by atoms with Gasteiger partial charge in [-0.2, -0.15) is 4.31 Å². The molecule has 0 atom stereocenters. The molecule has 1 aliphatic heterocycles. The molecule has 170 valence electrons. The van der Waals surface area contributed by atoms with Crippen LogP contribution >= 0.6 is 0 Å². The zero-order valence-electron chi connectivity index (χ0n) is 17.6. The van der Waals surface area contributed by atoms with E-state index < -0.39 is 14.9 Å². The number of rotatable bonds is 8. The third-order valence-electron chi connectivity index (χ3n) is 5.27. The fraction of sp³-hybridized carbons (Fsp3) is 0.381. The summed E-state index contributed by atoms with van der Waals surface area (Å²) in [5.74, 6) is 0.726. The molecule has 0 amide bonds. The van der Waals surface area contributed by atoms with Crippen LogP contribution in [-0.4, -0.2) is 53.5 Å². The number of imidazole rings is 1. The largest absolute Gasteiger partial charge is 0.479 e. The van der Waals surface area contributed by atoms with Crippen molar-refractivity contribution in [3.05, 3.63) is 58.4 Å². The van der Waals surface area contributed by atoms with E-state index in [-0.39, 0.29) is 22.9 Å². The fourth-order valence-electron chi connectivity index (χ4n) is 3.71. The summed E-state index contributed by atoms with van der Waals surface area (Å²) in [7, 11) is -3.64. The standard InChI is InChI=1S/C21H24N4O6S/c1-2-9-24-18-8-7-16(32(28,29)23-10-12-30-13-11-23)14-17(18)22-21(24)15-31-20-6-4-3-5-19(20)25(26)27/h3-8,14H,2,9-13,15H2,1H3. The molecule has 0 unspecified atom stereocenters. The second-order valence-corrected chi connectivity index (χ2v) is 9.30. The monoisotopic (exact) mass is 460 g/mol. The van der Waals surface area contributed by atoms with Crippen LogP contribution in [0.5, 0.6) is 5.75 Å². The minimum absolute atomic E-state index is 0.0189. The third-order valence-corrected chi connectivity index (χ3v) is 7.17. The van der Waals surface area contributed by atoms with Crippen LogP contribution in [-0.2, 0) is 27.9 Å². The molecular weight excluding hydrogens is 436 g/mol. The van der Waals surface area contributed by atoms with Crippen molar-refractivity contribution in [2.24, 2.45) is 0 Å². The first kappa shape index (κ1) is 22.2. The smallest absolute Gasteiger partial charge is 0.310 e. The van der Waals surface area contributed by atoms with Gasteiger partial charge in [-0.25, -0.2) is 13.4 Å². The minimum atomic E-state index is -3.64. The Morgan fingerprint density at radius 1 is 1.19 bits per heavy atom. The molecule has 0 radical (unpaired) electrons. The number of nitro benzene ring substituents is 1. The zero-order chi connectivity index (χ0) is 22.7. The highest BCUT2D eigenvalue weighted by Crippen LogP contribution is 2.28. The van der Waals surface area contributed by atoms with E-state index in [4.69, 9.17) is 9.47 Å². The number of sulfonamides is 1. The molecule has 1 aliphatic rings. The van der Waals surface area contributed by atoms with Crippen molar-refractivity contribution < 1.29 is 22.8 Å². The Bertz CT molecular complexity index is 1230. The molecule has 2 aromatic carbocycles. The van der Waals surface area contributed by atoms with Gasteiger partial charge in [0.15, 0.2) is 5.75 Å². The predicted molar refractivity (Wildman–Crippen MR) is 117 cm³/mol. The zero-order valence-corrected chi connectivity index (χ0v) is 18.5. The number of hydrogen-bond donors (Lipinski definition) is 0. The molecule has 4 rings (SSSR count). The molecule has 10 nitrogen and oxygen atoms in total. The number of morpholine rings is 1. The molecule has 0 aliphatic carbocycles. The number of benzene rings is 2. The lowest BCUT2D eigenvalue weighted by atomic mass is 10.3. The van der Waals surface area contributed by atoms with Crippen LogP contribution < -0.4 is 4.74 Å².